The summed E-state index contributed by atoms with van der Waals surface area (Å²) in [6.45, 7) is 8.59. The van der Waals surface area contributed by atoms with Gasteiger partial charge >= 0.3 is 6.09 Å². The highest BCUT2D eigenvalue weighted by atomic mass is 35.5. The summed E-state index contributed by atoms with van der Waals surface area (Å²) in [6, 6.07) is 4.06. The molecule has 0 N–H and O–H groups in total. The Morgan fingerprint density at radius 2 is 2.16 bits per heavy atom. The molecule has 3 heterocycles. The summed E-state index contributed by atoms with van der Waals surface area (Å²) in [6.07, 6.45) is 4.69. The predicted octanol–water partition coefficient (Wildman–Crippen LogP) is 5.84. The Kier molecular flexibility index (Phi) is 5.26. The second kappa shape index (κ2) is 7.12. The van der Waals surface area contributed by atoms with Crippen molar-refractivity contribution in [1.82, 2.24) is 9.88 Å². The number of carbonyl (C=O) groups excluding carboxylic acids is 1. The fraction of sp³-hybridized carbons (Fsp3) is 0.579. The summed E-state index contributed by atoms with van der Waals surface area (Å²) < 4.78 is 5.62. The zero-order valence-corrected chi connectivity index (χ0v) is 16.8. The van der Waals surface area contributed by atoms with Gasteiger partial charge in [0.1, 0.15) is 10.4 Å². The van der Waals surface area contributed by atoms with Crippen LogP contribution in [0.5, 0.6) is 0 Å². The molecule has 1 aliphatic heterocycles. The topological polar surface area (TPSA) is 42.4 Å². The van der Waals surface area contributed by atoms with E-state index in [1.165, 1.54) is 4.88 Å². The predicted molar refractivity (Wildman–Crippen MR) is 104 cm³/mol. The molecule has 1 aliphatic rings. The Hall–Kier alpha value is -1.33. The van der Waals surface area contributed by atoms with Crippen LogP contribution in [0.3, 0.4) is 0 Å². The van der Waals surface area contributed by atoms with Gasteiger partial charge in [-0.15, -0.1) is 11.3 Å². The van der Waals surface area contributed by atoms with E-state index in [0.29, 0.717) is 0 Å². The van der Waals surface area contributed by atoms with Crippen molar-refractivity contribution in [2.24, 2.45) is 0 Å². The fourth-order valence-corrected chi connectivity index (χ4v) is 4.89. The van der Waals surface area contributed by atoms with Crippen LogP contribution in [0, 0.1) is 0 Å². The molecule has 3 rings (SSSR count). The maximum Gasteiger partial charge on any atom is 0.410 e. The molecule has 0 aliphatic carbocycles. The van der Waals surface area contributed by atoms with Crippen molar-refractivity contribution in [2.45, 2.75) is 64.5 Å². The van der Waals surface area contributed by atoms with Gasteiger partial charge in [0.05, 0.1) is 5.02 Å². The van der Waals surface area contributed by atoms with Gasteiger partial charge in [-0.1, -0.05) is 18.0 Å². The standard InChI is InChI=1S/C19H25ClN2O2S/c1-12-13(16-11-14-15(20)8-9-21-17(14)25-16)7-5-6-10-22(12)18(23)24-19(2,3)4/h8-9,11-13H,5-7,10H2,1-4H3. The number of likely N-dealkylation sites (tertiary alicyclic amines) is 1. The summed E-state index contributed by atoms with van der Waals surface area (Å²) >= 11 is 8.00. The van der Waals surface area contributed by atoms with E-state index in [4.69, 9.17) is 16.3 Å². The highest BCUT2D eigenvalue weighted by Gasteiger charge is 2.34. The summed E-state index contributed by atoms with van der Waals surface area (Å²) in [7, 11) is 0. The van der Waals surface area contributed by atoms with E-state index < -0.39 is 5.60 Å². The molecule has 25 heavy (non-hydrogen) atoms. The quantitative estimate of drug-likeness (QED) is 0.623. The number of carbonyl (C=O) groups is 1. The van der Waals surface area contributed by atoms with Crippen LogP contribution in [0.4, 0.5) is 4.79 Å². The summed E-state index contributed by atoms with van der Waals surface area (Å²) in [4.78, 5) is 21.2. The van der Waals surface area contributed by atoms with Gasteiger partial charge in [0, 0.05) is 35.0 Å². The molecule has 0 saturated carbocycles. The van der Waals surface area contributed by atoms with E-state index in [9.17, 15) is 4.79 Å². The third-order valence-corrected chi connectivity index (χ3v) is 6.14. The molecule has 4 nitrogen and oxygen atoms in total. The molecule has 0 aromatic carbocycles. The first-order chi connectivity index (χ1) is 11.8. The molecule has 2 atom stereocenters. The smallest absolute Gasteiger partial charge is 0.410 e. The van der Waals surface area contributed by atoms with Gasteiger partial charge < -0.3 is 9.64 Å². The molecule has 2 aromatic heterocycles. The highest BCUT2D eigenvalue weighted by Crippen LogP contribution is 2.39. The van der Waals surface area contributed by atoms with Crippen LogP contribution < -0.4 is 0 Å². The van der Waals surface area contributed by atoms with Crippen LogP contribution >= 0.6 is 22.9 Å². The molecule has 1 amide bonds. The van der Waals surface area contributed by atoms with Crippen molar-refractivity contribution in [3.8, 4) is 0 Å². The molecule has 0 spiro atoms. The minimum Gasteiger partial charge on any atom is -0.444 e. The molecule has 6 heteroatoms. The van der Waals surface area contributed by atoms with Crippen molar-refractivity contribution in [2.75, 3.05) is 6.54 Å². The number of hydrogen-bond acceptors (Lipinski definition) is 4. The van der Waals surface area contributed by atoms with E-state index in [2.05, 4.69) is 18.0 Å². The molecular formula is C19H25ClN2O2S. The number of amides is 1. The number of hydrogen-bond donors (Lipinski definition) is 0. The van der Waals surface area contributed by atoms with Crippen molar-refractivity contribution >= 4 is 39.2 Å². The average molecular weight is 381 g/mol. The highest BCUT2D eigenvalue weighted by molar-refractivity contribution is 7.18. The number of aromatic nitrogens is 1. The van der Waals surface area contributed by atoms with Gasteiger partial charge in [-0.2, -0.15) is 0 Å². The van der Waals surface area contributed by atoms with E-state index >= 15 is 0 Å². The number of fused-ring (bicyclic) bond motifs is 1. The Morgan fingerprint density at radius 3 is 2.84 bits per heavy atom. The van der Waals surface area contributed by atoms with Crippen molar-refractivity contribution in [3.63, 3.8) is 0 Å². The molecule has 1 fully saturated rings. The zero-order chi connectivity index (χ0) is 18.2. The molecule has 2 aromatic rings. The Labute approximate surface area is 158 Å². The number of nitrogens with zero attached hydrogens (tertiary/aromatic N) is 2. The largest absolute Gasteiger partial charge is 0.444 e. The van der Waals surface area contributed by atoms with Gasteiger partial charge in [-0.25, -0.2) is 9.78 Å². The van der Waals surface area contributed by atoms with Gasteiger partial charge in [0.2, 0.25) is 0 Å². The lowest BCUT2D eigenvalue weighted by atomic mass is 9.94. The number of thiophene rings is 1. The van der Waals surface area contributed by atoms with E-state index in [1.807, 2.05) is 31.7 Å². The monoisotopic (exact) mass is 380 g/mol. The molecule has 1 saturated heterocycles. The molecule has 136 valence electrons. The number of rotatable bonds is 1. The Balaban J connectivity index is 1.89. The summed E-state index contributed by atoms with van der Waals surface area (Å²) in [5.41, 5.74) is -0.479. The van der Waals surface area contributed by atoms with Gasteiger partial charge in [0.25, 0.3) is 0 Å². The van der Waals surface area contributed by atoms with Crippen LogP contribution in [0.2, 0.25) is 5.02 Å². The number of ether oxygens (including phenoxy) is 1. The normalized spacial score (nSPS) is 22.0. The number of pyridine rings is 1. The first kappa shape index (κ1) is 18.5. The molecule has 0 radical (unpaired) electrons. The third kappa shape index (κ3) is 4.09. The number of halogens is 1. The van der Waals surface area contributed by atoms with Gasteiger partial charge in [-0.05, 0) is 52.7 Å². The SMILES string of the molecule is CC1C(c2cc3c(Cl)ccnc3s2)CCCCN1C(=O)OC(C)(C)C. The third-order valence-electron chi connectivity index (χ3n) is 4.63. The minimum absolute atomic E-state index is 0.0872. The summed E-state index contributed by atoms with van der Waals surface area (Å²) in [5, 5.41) is 1.74. The van der Waals surface area contributed by atoms with Crippen molar-refractivity contribution < 1.29 is 9.53 Å². The van der Waals surface area contributed by atoms with E-state index in [1.54, 1.807) is 17.5 Å². The van der Waals surface area contributed by atoms with Crippen molar-refractivity contribution in [3.05, 3.63) is 28.2 Å². The van der Waals surface area contributed by atoms with E-state index in [-0.39, 0.29) is 18.1 Å². The lowest BCUT2D eigenvalue weighted by Gasteiger charge is -2.33. The molecule has 2 unspecified atom stereocenters. The maximum absolute atomic E-state index is 12.7. The lowest BCUT2D eigenvalue weighted by molar-refractivity contribution is 0.0168. The van der Waals surface area contributed by atoms with Gasteiger partial charge in [0.15, 0.2) is 0 Å². The fourth-order valence-electron chi connectivity index (χ4n) is 3.38. The Morgan fingerprint density at radius 1 is 1.40 bits per heavy atom. The van der Waals surface area contributed by atoms with Crippen LogP contribution in [-0.4, -0.2) is 34.2 Å². The second-order valence-corrected chi connectivity index (χ2v) is 9.15. The molecule has 0 bridgehead atoms. The second-order valence-electron chi connectivity index (χ2n) is 7.68. The molecular weight excluding hydrogens is 356 g/mol. The summed E-state index contributed by atoms with van der Waals surface area (Å²) in [5.74, 6) is 0.283. The lowest BCUT2D eigenvalue weighted by Crippen LogP contribution is -2.44. The van der Waals surface area contributed by atoms with Gasteiger partial charge in [-0.3, -0.25) is 0 Å². The first-order valence-corrected chi connectivity index (χ1v) is 9.99. The van der Waals surface area contributed by atoms with Crippen LogP contribution in [-0.2, 0) is 4.74 Å². The first-order valence-electron chi connectivity index (χ1n) is 8.80. The van der Waals surface area contributed by atoms with Crippen molar-refractivity contribution in [1.29, 1.82) is 0 Å². The van der Waals surface area contributed by atoms with Crippen LogP contribution in [0.1, 0.15) is 57.8 Å². The average Bonchev–Trinajstić information content (AvgIpc) is 2.84. The van der Waals surface area contributed by atoms with Crippen LogP contribution in [0.15, 0.2) is 18.3 Å². The Bertz CT molecular complexity index is 768. The minimum atomic E-state index is -0.479. The van der Waals surface area contributed by atoms with Crippen LogP contribution in [0.25, 0.3) is 10.2 Å². The maximum atomic E-state index is 12.7. The van der Waals surface area contributed by atoms with E-state index in [0.717, 1.165) is 41.0 Å². The zero-order valence-electron chi connectivity index (χ0n) is 15.2.